The Hall–Kier alpha value is -0.750. The van der Waals surface area contributed by atoms with E-state index in [2.05, 4.69) is 24.1 Å². The standard InChI is InChI=1S/C14H21F3N2S/c1-3-18-11(2)6-4-5-9-20-13-8-7-12(10-19-13)14(15,16)17/h7-8,10-11,18H,3-6,9H2,1-2H3. The molecule has 114 valence electrons. The third-order valence-electron chi connectivity index (χ3n) is 2.90. The van der Waals surface area contributed by atoms with Crippen LogP contribution in [0.5, 0.6) is 0 Å². The number of nitrogens with zero attached hydrogens (tertiary/aromatic N) is 1. The molecule has 2 nitrogen and oxygen atoms in total. The zero-order chi connectivity index (χ0) is 15.0. The molecule has 20 heavy (non-hydrogen) atoms. The van der Waals surface area contributed by atoms with Crippen molar-refractivity contribution in [1.82, 2.24) is 10.3 Å². The molecule has 0 fully saturated rings. The lowest BCUT2D eigenvalue weighted by Crippen LogP contribution is -2.25. The van der Waals surface area contributed by atoms with E-state index in [1.165, 1.54) is 17.8 Å². The lowest BCUT2D eigenvalue weighted by atomic mass is 10.1. The first-order valence-corrected chi connectivity index (χ1v) is 7.81. The van der Waals surface area contributed by atoms with Crippen molar-refractivity contribution in [2.75, 3.05) is 12.3 Å². The van der Waals surface area contributed by atoms with Gasteiger partial charge in [0.2, 0.25) is 0 Å². The number of hydrogen-bond acceptors (Lipinski definition) is 3. The Labute approximate surface area is 122 Å². The lowest BCUT2D eigenvalue weighted by molar-refractivity contribution is -0.137. The summed E-state index contributed by atoms with van der Waals surface area (Å²) in [6.45, 7) is 5.22. The molecule has 1 atom stereocenters. The first kappa shape index (κ1) is 17.3. The zero-order valence-electron chi connectivity index (χ0n) is 11.8. The van der Waals surface area contributed by atoms with Crippen LogP contribution in [0.25, 0.3) is 0 Å². The molecule has 6 heteroatoms. The van der Waals surface area contributed by atoms with Crippen LogP contribution in [0.3, 0.4) is 0 Å². The lowest BCUT2D eigenvalue weighted by Gasteiger charge is -2.11. The minimum atomic E-state index is -4.31. The number of halogens is 3. The van der Waals surface area contributed by atoms with Crippen molar-refractivity contribution in [2.24, 2.45) is 0 Å². The molecule has 0 aliphatic carbocycles. The normalized spacial score (nSPS) is 13.4. The van der Waals surface area contributed by atoms with Crippen molar-refractivity contribution in [3.63, 3.8) is 0 Å². The molecule has 1 aromatic heterocycles. The van der Waals surface area contributed by atoms with E-state index in [4.69, 9.17) is 0 Å². The number of rotatable bonds is 8. The molecule has 1 aromatic rings. The molecule has 1 N–H and O–H groups in total. The third kappa shape index (κ3) is 6.61. The third-order valence-corrected chi connectivity index (χ3v) is 3.93. The van der Waals surface area contributed by atoms with E-state index < -0.39 is 11.7 Å². The summed E-state index contributed by atoms with van der Waals surface area (Å²) in [4.78, 5) is 3.84. The number of aromatic nitrogens is 1. The van der Waals surface area contributed by atoms with Gasteiger partial charge in [-0.3, -0.25) is 0 Å². The zero-order valence-corrected chi connectivity index (χ0v) is 12.7. The Morgan fingerprint density at radius 2 is 2.05 bits per heavy atom. The van der Waals surface area contributed by atoms with Crippen LogP contribution in [-0.4, -0.2) is 23.3 Å². The fraction of sp³-hybridized carbons (Fsp3) is 0.643. The molecule has 0 aliphatic rings. The minimum Gasteiger partial charge on any atom is -0.315 e. The van der Waals surface area contributed by atoms with Crippen molar-refractivity contribution in [2.45, 2.75) is 50.4 Å². The molecule has 0 aliphatic heterocycles. The van der Waals surface area contributed by atoms with Gasteiger partial charge in [-0.25, -0.2) is 4.98 Å². The molecular weight excluding hydrogens is 285 g/mol. The van der Waals surface area contributed by atoms with E-state index in [1.54, 1.807) is 0 Å². The van der Waals surface area contributed by atoms with E-state index in [1.807, 2.05) is 0 Å². The maximum absolute atomic E-state index is 12.4. The van der Waals surface area contributed by atoms with Gasteiger partial charge in [0.05, 0.1) is 10.6 Å². The molecule has 1 rings (SSSR count). The van der Waals surface area contributed by atoms with Gasteiger partial charge in [0.15, 0.2) is 0 Å². The summed E-state index contributed by atoms with van der Waals surface area (Å²) in [5.41, 5.74) is -0.693. The SMILES string of the molecule is CCNC(C)CCCCSc1ccc(C(F)(F)F)cn1. The molecule has 0 spiro atoms. The van der Waals surface area contributed by atoms with Crippen LogP contribution in [0.2, 0.25) is 0 Å². The quantitative estimate of drug-likeness (QED) is 0.570. The molecule has 1 unspecified atom stereocenters. The van der Waals surface area contributed by atoms with Gasteiger partial charge in [0.25, 0.3) is 0 Å². The van der Waals surface area contributed by atoms with E-state index in [-0.39, 0.29) is 0 Å². The molecular formula is C14H21F3N2S. The molecule has 0 radical (unpaired) electrons. The second-order valence-electron chi connectivity index (χ2n) is 4.69. The summed E-state index contributed by atoms with van der Waals surface area (Å²) >= 11 is 1.51. The predicted molar refractivity (Wildman–Crippen MR) is 77.0 cm³/mol. The summed E-state index contributed by atoms with van der Waals surface area (Å²) < 4.78 is 37.1. The number of pyridine rings is 1. The monoisotopic (exact) mass is 306 g/mol. The second-order valence-corrected chi connectivity index (χ2v) is 5.80. The molecule has 0 aromatic carbocycles. The second kappa shape index (κ2) is 8.52. The Kier molecular flexibility index (Phi) is 7.37. The highest BCUT2D eigenvalue weighted by Gasteiger charge is 2.30. The molecule has 0 amide bonds. The largest absolute Gasteiger partial charge is 0.417 e. The van der Waals surface area contributed by atoms with Crippen LogP contribution in [0.15, 0.2) is 23.4 Å². The minimum absolute atomic E-state index is 0.522. The van der Waals surface area contributed by atoms with Crippen LogP contribution >= 0.6 is 11.8 Å². The molecule has 0 bridgehead atoms. The number of nitrogens with one attached hydrogen (secondary N) is 1. The van der Waals surface area contributed by atoms with Gasteiger partial charge in [-0.2, -0.15) is 13.2 Å². The van der Waals surface area contributed by atoms with Crippen molar-refractivity contribution < 1.29 is 13.2 Å². The van der Waals surface area contributed by atoms with E-state index in [9.17, 15) is 13.2 Å². The summed E-state index contributed by atoms with van der Waals surface area (Å²) in [5.74, 6) is 0.886. The number of hydrogen-bond donors (Lipinski definition) is 1. The van der Waals surface area contributed by atoms with Crippen LogP contribution < -0.4 is 5.32 Å². The van der Waals surface area contributed by atoms with Crippen LogP contribution in [-0.2, 0) is 6.18 Å². The number of alkyl halides is 3. The van der Waals surface area contributed by atoms with Gasteiger partial charge in [-0.15, -0.1) is 11.8 Å². The smallest absolute Gasteiger partial charge is 0.315 e. The highest BCUT2D eigenvalue weighted by molar-refractivity contribution is 7.99. The summed E-state index contributed by atoms with van der Waals surface area (Å²) in [7, 11) is 0. The van der Waals surface area contributed by atoms with E-state index in [0.717, 1.165) is 43.8 Å². The Bertz CT molecular complexity index is 379. The first-order valence-electron chi connectivity index (χ1n) is 6.83. The van der Waals surface area contributed by atoms with Crippen molar-refractivity contribution in [3.05, 3.63) is 23.9 Å². The number of unbranched alkanes of at least 4 members (excludes halogenated alkanes) is 1. The van der Waals surface area contributed by atoms with Gasteiger partial charge in [-0.1, -0.05) is 13.3 Å². The van der Waals surface area contributed by atoms with Gasteiger partial charge in [0, 0.05) is 12.2 Å². The molecule has 0 saturated carbocycles. The van der Waals surface area contributed by atoms with Gasteiger partial charge in [-0.05, 0) is 44.2 Å². The van der Waals surface area contributed by atoms with Crippen molar-refractivity contribution in [3.8, 4) is 0 Å². The topological polar surface area (TPSA) is 24.9 Å². The first-order chi connectivity index (χ1) is 9.43. The fourth-order valence-corrected chi connectivity index (χ4v) is 2.66. The summed E-state index contributed by atoms with van der Waals surface area (Å²) in [6.07, 6.45) is -0.131. The average molecular weight is 306 g/mol. The summed E-state index contributed by atoms with van der Waals surface area (Å²) in [6, 6.07) is 3.05. The average Bonchev–Trinajstić information content (AvgIpc) is 2.38. The van der Waals surface area contributed by atoms with Gasteiger partial charge in [0.1, 0.15) is 0 Å². The molecule has 0 saturated heterocycles. The van der Waals surface area contributed by atoms with Gasteiger partial charge >= 0.3 is 6.18 Å². The van der Waals surface area contributed by atoms with Crippen molar-refractivity contribution >= 4 is 11.8 Å². The highest BCUT2D eigenvalue weighted by atomic mass is 32.2. The Morgan fingerprint density at radius 1 is 1.30 bits per heavy atom. The van der Waals surface area contributed by atoms with E-state index >= 15 is 0 Å². The fourth-order valence-electron chi connectivity index (χ4n) is 1.81. The van der Waals surface area contributed by atoms with Crippen molar-refractivity contribution in [1.29, 1.82) is 0 Å². The van der Waals surface area contributed by atoms with Crippen LogP contribution in [0.1, 0.15) is 38.7 Å². The van der Waals surface area contributed by atoms with Crippen LogP contribution in [0.4, 0.5) is 13.2 Å². The Balaban J connectivity index is 2.23. The summed E-state index contributed by atoms with van der Waals surface area (Å²) in [5, 5.41) is 4.00. The van der Waals surface area contributed by atoms with Crippen LogP contribution in [0, 0.1) is 0 Å². The Morgan fingerprint density at radius 3 is 2.60 bits per heavy atom. The highest BCUT2D eigenvalue weighted by Crippen LogP contribution is 2.29. The van der Waals surface area contributed by atoms with Gasteiger partial charge < -0.3 is 5.32 Å². The number of thioether (sulfide) groups is 1. The maximum atomic E-state index is 12.4. The predicted octanol–water partition coefficient (Wildman–Crippen LogP) is 4.36. The van der Waals surface area contributed by atoms with E-state index in [0.29, 0.717) is 11.1 Å². The maximum Gasteiger partial charge on any atom is 0.417 e. The molecule has 1 heterocycles.